The summed E-state index contributed by atoms with van der Waals surface area (Å²) in [6.45, 7) is 8.06. The molecule has 0 bridgehead atoms. The van der Waals surface area contributed by atoms with E-state index in [4.69, 9.17) is 4.74 Å². The van der Waals surface area contributed by atoms with Gasteiger partial charge in [-0.25, -0.2) is 4.39 Å². The van der Waals surface area contributed by atoms with E-state index >= 15 is 0 Å². The fraction of sp³-hybridized carbons (Fsp3) is 0.632. The van der Waals surface area contributed by atoms with Gasteiger partial charge >= 0.3 is 0 Å². The van der Waals surface area contributed by atoms with Gasteiger partial charge in [0.15, 0.2) is 0 Å². The second-order valence-electron chi connectivity index (χ2n) is 6.98. The van der Waals surface area contributed by atoms with Crippen LogP contribution in [0.4, 0.5) is 4.39 Å². The molecule has 1 amide bonds. The topological polar surface area (TPSA) is 32.8 Å². The zero-order valence-corrected chi connectivity index (χ0v) is 14.6. The minimum atomic E-state index is -0.344. The van der Waals surface area contributed by atoms with E-state index in [9.17, 15) is 9.18 Å². The molecule has 0 radical (unpaired) electrons. The molecule has 0 aromatic heterocycles. The lowest BCUT2D eigenvalue weighted by Crippen LogP contribution is -2.61. The van der Waals surface area contributed by atoms with Gasteiger partial charge in [0, 0.05) is 32.7 Å². The van der Waals surface area contributed by atoms with Crippen molar-refractivity contribution in [3.05, 3.63) is 35.6 Å². The predicted molar refractivity (Wildman–Crippen MR) is 91.3 cm³/mol. The molecule has 132 valence electrons. The summed E-state index contributed by atoms with van der Waals surface area (Å²) in [4.78, 5) is 16.4. The summed E-state index contributed by atoms with van der Waals surface area (Å²) in [7, 11) is 0. The van der Waals surface area contributed by atoms with Crippen LogP contribution in [-0.4, -0.2) is 60.1 Å². The number of piperidine rings is 1. The van der Waals surface area contributed by atoms with Gasteiger partial charge in [-0.3, -0.25) is 4.79 Å². The molecule has 1 atom stereocenters. The Bertz CT molecular complexity index is 584. The Kier molecular flexibility index (Phi) is 5.21. The van der Waals surface area contributed by atoms with E-state index in [0.717, 1.165) is 51.0 Å². The number of hydrogen-bond acceptors (Lipinski definition) is 3. The van der Waals surface area contributed by atoms with E-state index < -0.39 is 0 Å². The molecule has 2 aliphatic heterocycles. The van der Waals surface area contributed by atoms with Crippen LogP contribution < -0.4 is 0 Å². The summed E-state index contributed by atoms with van der Waals surface area (Å²) in [5.74, 6) is -0.0161. The molecular formula is C19H27FN2O2. The van der Waals surface area contributed by atoms with Gasteiger partial charge in [-0.1, -0.05) is 18.2 Å². The number of ether oxygens (including phenoxy) is 1. The normalized spacial score (nSPS) is 24.5. The lowest BCUT2D eigenvalue weighted by Gasteiger charge is -2.49. The fourth-order valence-electron chi connectivity index (χ4n) is 3.85. The Hall–Kier alpha value is -1.46. The molecule has 0 aliphatic carbocycles. The molecule has 5 heteroatoms. The summed E-state index contributed by atoms with van der Waals surface area (Å²) in [6.07, 6.45) is 2.25. The Labute approximate surface area is 143 Å². The number of amides is 1. The lowest BCUT2D eigenvalue weighted by atomic mass is 9.88. The van der Waals surface area contributed by atoms with Gasteiger partial charge < -0.3 is 14.5 Å². The van der Waals surface area contributed by atoms with E-state index in [0.29, 0.717) is 6.54 Å². The molecule has 2 aliphatic rings. The van der Waals surface area contributed by atoms with Crippen LogP contribution in [0.3, 0.4) is 0 Å². The number of benzene rings is 1. The molecule has 1 unspecified atom stereocenters. The molecule has 1 aromatic carbocycles. The van der Waals surface area contributed by atoms with Crippen molar-refractivity contribution in [1.29, 1.82) is 0 Å². The first-order valence-electron chi connectivity index (χ1n) is 8.95. The third-order valence-electron chi connectivity index (χ3n) is 5.37. The monoisotopic (exact) mass is 334 g/mol. The number of halogens is 1. The summed E-state index contributed by atoms with van der Waals surface area (Å²) in [5, 5.41) is 0. The molecule has 2 saturated heterocycles. The minimum Gasteiger partial charge on any atom is -0.360 e. The molecule has 3 rings (SSSR count). The highest BCUT2D eigenvalue weighted by Crippen LogP contribution is 2.32. The van der Waals surface area contributed by atoms with E-state index in [1.54, 1.807) is 6.07 Å². The summed E-state index contributed by atoms with van der Waals surface area (Å²) >= 11 is 0. The Morgan fingerprint density at radius 3 is 2.67 bits per heavy atom. The van der Waals surface area contributed by atoms with Crippen LogP contribution in [0.2, 0.25) is 0 Å². The summed E-state index contributed by atoms with van der Waals surface area (Å²) in [6, 6.07) is 6.99. The van der Waals surface area contributed by atoms with Crippen molar-refractivity contribution in [3.63, 3.8) is 0 Å². The van der Waals surface area contributed by atoms with Crippen molar-refractivity contribution < 1.29 is 13.9 Å². The third kappa shape index (κ3) is 3.62. The highest BCUT2D eigenvalue weighted by atomic mass is 19.1. The molecule has 2 heterocycles. The summed E-state index contributed by atoms with van der Waals surface area (Å²) in [5.41, 5.74) is 0.584. The van der Waals surface area contributed by atoms with E-state index in [-0.39, 0.29) is 23.4 Å². The first kappa shape index (κ1) is 17.4. The molecule has 2 fully saturated rings. The Morgan fingerprint density at radius 1 is 1.29 bits per heavy atom. The number of morpholine rings is 1. The highest BCUT2D eigenvalue weighted by Gasteiger charge is 2.44. The molecule has 24 heavy (non-hydrogen) atoms. The molecule has 1 aromatic rings. The van der Waals surface area contributed by atoms with Gasteiger partial charge in [0.25, 0.3) is 5.91 Å². The minimum absolute atomic E-state index is 0.102. The van der Waals surface area contributed by atoms with Crippen molar-refractivity contribution in [2.45, 2.75) is 44.8 Å². The molecule has 4 nitrogen and oxygen atoms in total. The number of carbonyl (C=O) groups is 1. The Balaban J connectivity index is 1.54. The van der Waals surface area contributed by atoms with Crippen LogP contribution in [0.5, 0.6) is 0 Å². The number of likely N-dealkylation sites (N-methyl/N-ethyl adjacent to an activating group) is 1. The molecule has 0 N–H and O–H groups in total. The number of rotatable bonds is 4. The van der Waals surface area contributed by atoms with Crippen LogP contribution in [0.25, 0.3) is 0 Å². The average Bonchev–Trinajstić information content (AvgIpc) is 2.59. The SMILES string of the molecule is CCN1CC2(CCN(CCc3ccccc3F)CC2)OC(C)C1=O. The van der Waals surface area contributed by atoms with Crippen LogP contribution in [0.1, 0.15) is 32.3 Å². The van der Waals surface area contributed by atoms with E-state index in [2.05, 4.69) is 4.90 Å². The number of nitrogens with zero attached hydrogens (tertiary/aromatic N) is 2. The fourth-order valence-corrected chi connectivity index (χ4v) is 3.85. The maximum atomic E-state index is 13.7. The molecule has 0 saturated carbocycles. The van der Waals surface area contributed by atoms with E-state index in [1.807, 2.05) is 30.9 Å². The predicted octanol–water partition coefficient (Wildman–Crippen LogP) is 2.47. The van der Waals surface area contributed by atoms with Crippen molar-refractivity contribution in [3.8, 4) is 0 Å². The zero-order valence-electron chi connectivity index (χ0n) is 14.6. The molecular weight excluding hydrogens is 307 g/mol. The van der Waals surface area contributed by atoms with Gasteiger partial charge in [0.1, 0.15) is 11.9 Å². The lowest BCUT2D eigenvalue weighted by molar-refractivity contribution is -0.189. The standard InChI is InChI=1S/C19H27FN2O2/c1-3-22-14-19(24-15(2)18(22)23)9-12-21(13-10-19)11-8-16-6-4-5-7-17(16)20/h4-7,15H,3,8-14H2,1-2H3. The smallest absolute Gasteiger partial charge is 0.251 e. The van der Waals surface area contributed by atoms with Crippen molar-refractivity contribution >= 4 is 5.91 Å². The Morgan fingerprint density at radius 2 is 2.00 bits per heavy atom. The summed E-state index contributed by atoms with van der Waals surface area (Å²) < 4.78 is 19.8. The van der Waals surface area contributed by atoms with E-state index in [1.165, 1.54) is 6.07 Å². The average molecular weight is 334 g/mol. The molecule has 1 spiro atoms. The van der Waals surface area contributed by atoms with Crippen molar-refractivity contribution in [2.24, 2.45) is 0 Å². The largest absolute Gasteiger partial charge is 0.360 e. The van der Waals surface area contributed by atoms with Gasteiger partial charge in [0.05, 0.1) is 5.60 Å². The zero-order chi connectivity index (χ0) is 17.2. The maximum Gasteiger partial charge on any atom is 0.251 e. The van der Waals surface area contributed by atoms with Crippen LogP contribution in [0.15, 0.2) is 24.3 Å². The van der Waals surface area contributed by atoms with Crippen LogP contribution in [0, 0.1) is 5.82 Å². The van der Waals surface area contributed by atoms with Crippen LogP contribution >= 0.6 is 0 Å². The highest BCUT2D eigenvalue weighted by molar-refractivity contribution is 5.81. The van der Waals surface area contributed by atoms with Gasteiger partial charge in [-0.05, 0) is 44.7 Å². The second-order valence-corrected chi connectivity index (χ2v) is 6.98. The quantitative estimate of drug-likeness (QED) is 0.848. The van der Waals surface area contributed by atoms with Crippen LogP contribution in [-0.2, 0) is 16.0 Å². The van der Waals surface area contributed by atoms with Gasteiger partial charge in [-0.2, -0.15) is 0 Å². The number of carbonyl (C=O) groups excluding carboxylic acids is 1. The first-order chi connectivity index (χ1) is 11.5. The first-order valence-corrected chi connectivity index (χ1v) is 8.95. The third-order valence-corrected chi connectivity index (χ3v) is 5.37. The van der Waals surface area contributed by atoms with Crippen molar-refractivity contribution in [1.82, 2.24) is 9.80 Å². The van der Waals surface area contributed by atoms with Gasteiger partial charge in [0.2, 0.25) is 0 Å². The van der Waals surface area contributed by atoms with Crippen molar-refractivity contribution in [2.75, 3.05) is 32.7 Å². The van der Waals surface area contributed by atoms with Gasteiger partial charge in [-0.15, -0.1) is 0 Å². The number of hydrogen-bond donors (Lipinski definition) is 0. The maximum absolute atomic E-state index is 13.7. The second kappa shape index (κ2) is 7.19. The number of likely N-dealkylation sites (tertiary alicyclic amines) is 1.